The largest absolute Gasteiger partial charge is 0.465 e. The third-order valence-corrected chi connectivity index (χ3v) is 3.71. The van der Waals surface area contributed by atoms with Crippen LogP contribution in [0.3, 0.4) is 0 Å². The normalized spacial score (nSPS) is 10.8. The molecule has 1 aromatic carbocycles. The summed E-state index contributed by atoms with van der Waals surface area (Å²) in [6.07, 6.45) is -0.263. The van der Waals surface area contributed by atoms with Gasteiger partial charge in [0.1, 0.15) is 0 Å². The van der Waals surface area contributed by atoms with E-state index in [0.717, 1.165) is 10.5 Å². The highest BCUT2D eigenvalue weighted by Gasteiger charge is 2.15. The van der Waals surface area contributed by atoms with Gasteiger partial charge in [0, 0.05) is 23.9 Å². The van der Waals surface area contributed by atoms with Gasteiger partial charge < -0.3 is 14.2 Å². The fourth-order valence-corrected chi connectivity index (χ4v) is 2.79. The average Bonchev–Trinajstić information content (AvgIpc) is 2.44. The van der Waals surface area contributed by atoms with Crippen molar-refractivity contribution in [3.05, 3.63) is 29.3 Å². The van der Waals surface area contributed by atoms with Crippen LogP contribution in [0.2, 0.25) is 0 Å². The second-order valence-corrected chi connectivity index (χ2v) is 5.20. The van der Waals surface area contributed by atoms with Crippen molar-refractivity contribution < 1.29 is 19.0 Å². The number of carbonyl (C=O) groups excluding carboxylic acids is 1. The minimum Gasteiger partial charge on any atom is -0.465 e. The summed E-state index contributed by atoms with van der Waals surface area (Å²) in [5.74, 6) is 0.312. The molecular weight excluding hydrogens is 276 g/mol. The number of benzene rings is 1. The Hall–Kier alpha value is -1.04. The maximum Gasteiger partial charge on any atom is 0.338 e. The van der Waals surface area contributed by atoms with Gasteiger partial charge in [-0.05, 0) is 38.5 Å². The molecule has 1 aromatic rings. The fourth-order valence-electron chi connectivity index (χ4n) is 1.70. The van der Waals surface area contributed by atoms with Gasteiger partial charge in [0.05, 0.1) is 12.7 Å². The first-order chi connectivity index (χ1) is 9.62. The van der Waals surface area contributed by atoms with Crippen molar-refractivity contribution in [2.45, 2.75) is 32.0 Å². The highest BCUT2D eigenvalue weighted by atomic mass is 32.2. The number of methoxy groups -OCH3 is 1. The van der Waals surface area contributed by atoms with Gasteiger partial charge in [0.25, 0.3) is 0 Å². The van der Waals surface area contributed by atoms with Crippen LogP contribution in [0.15, 0.2) is 23.1 Å². The standard InChI is InChI=1S/C15H22O4S/c1-5-18-14(19-6-2)10-20-13-9-11(3)7-8-12(13)15(16)17-4/h7-9,14H,5-6,10H2,1-4H3. The predicted octanol–water partition coefficient (Wildman–Crippen LogP) is 3.27. The summed E-state index contributed by atoms with van der Waals surface area (Å²) >= 11 is 1.54. The van der Waals surface area contributed by atoms with E-state index in [0.29, 0.717) is 24.5 Å². The number of carbonyl (C=O) groups is 1. The van der Waals surface area contributed by atoms with Gasteiger partial charge in [-0.1, -0.05) is 6.07 Å². The van der Waals surface area contributed by atoms with E-state index in [1.807, 2.05) is 32.9 Å². The van der Waals surface area contributed by atoms with Crippen LogP contribution in [-0.4, -0.2) is 38.3 Å². The van der Waals surface area contributed by atoms with Crippen LogP contribution in [0.4, 0.5) is 0 Å². The minimum absolute atomic E-state index is 0.263. The number of hydrogen-bond donors (Lipinski definition) is 0. The summed E-state index contributed by atoms with van der Waals surface area (Å²) in [6.45, 7) is 7.06. The van der Waals surface area contributed by atoms with Crippen molar-refractivity contribution in [2.75, 3.05) is 26.1 Å². The van der Waals surface area contributed by atoms with Crippen molar-refractivity contribution in [1.82, 2.24) is 0 Å². The molecule has 4 nitrogen and oxygen atoms in total. The molecule has 0 spiro atoms. The lowest BCUT2D eigenvalue weighted by Gasteiger charge is -2.17. The number of aryl methyl sites for hydroxylation is 1. The molecule has 0 aliphatic carbocycles. The quantitative estimate of drug-likeness (QED) is 0.419. The predicted molar refractivity (Wildman–Crippen MR) is 80.3 cm³/mol. The monoisotopic (exact) mass is 298 g/mol. The molecule has 0 N–H and O–H groups in total. The Kier molecular flexibility index (Phi) is 7.65. The van der Waals surface area contributed by atoms with Gasteiger partial charge in [-0.15, -0.1) is 11.8 Å². The molecular formula is C15H22O4S. The molecule has 1 rings (SSSR count). The van der Waals surface area contributed by atoms with Crippen LogP contribution >= 0.6 is 11.8 Å². The zero-order valence-corrected chi connectivity index (χ0v) is 13.3. The minimum atomic E-state index is -0.322. The lowest BCUT2D eigenvalue weighted by atomic mass is 10.1. The number of thioether (sulfide) groups is 1. The maximum atomic E-state index is 11.7. The molecule has 0 heterocycles. The molecule has 0 bridgehead atoms. The molecule has 112 valence electrons. The van der Waals surface area contributed by atoms with Crippen LogP contribution in [-0.2, 0) is 14.2 Å². The molecule has 20 heavy (non-hydrogen) atoms. The third-order valence-electron chi connectivity index (χ3n) is 2.62. The number of esters is 1. The Labute approximate surface area is 124 Å². The number of ether oxygens (including phenoxy) is 3. The van der Waals surface area contributed by atoms with E-state index in [4.69, 9.17) is 14.2 Å². The van der Waals surface area contributed by atoms with Gasteiger partial charge >= 0.3 is 5.97 Å². The first-order valence-electron chi connectivity index (χ1n) is 6.67. The Morgan fingerprint density at radius 2 is 1.90 bits per heavy atom. The van der Waals surface area contributed by atoms with Crippen LogP contribution in [0.5, 0.6) is 0 Å². The van der Waals surface area contributed by atoms with E-state index in [9.17, 15) is 4.79 Å². The Morgan fingerprint density at radius 3 is 2.45 bits per heavy atom. The third kappa shape index (κ3) is 5.15. The molecule has 0 amide bonds. The zero-order chi connectivity index (χ0) is 15.0. The van der Waals surface area contributed by atoms with Crippen LogP contribution in [0.1, 0.15) is 29.8 Å². The van der Waals surface area contributed by atoms with E-state index in [1.165, 1.54) is 7.11 Å². The molecule has 0 saturated carbocycles. The molecule has 0 aromatic heterocycles. The highest BCUT2D eigenvalue weighted by Crippen LogP contribution is 2.26. The molecule has 0 atom stereocenters. The molecule has 5 heteroatoms. The maximum absolute atomic E-state index is 11.7. The van der Waals surface area contributed by atoms with Gasteiger partial charge in [-0.3, -0.25) is 0 Å². The highest BCUT2D eigenvalue weighted by molar-refractivity contribution is 7.99. The Morgan fingerprint density at radius 1 is 1.25 bits per heavy atom. The second-order valence-electron chi connectivity index (χ2n) is 4.14. The van der Waals surface area contributed by atoms with Gasteiger partial charge in [-0.25, -0.2) is 4.79 Å². The van der Waals surface area contributed by atoms with Gasteiger partial charge in [0.2, 0.25) is 0 Å². The first kappa shape index (κ1) is 17.0. The average molecular weight is 298 g/mol. The van der Waals surface area contributed by atoms with Crippen molar-refractivity contribution in [3.8, 4) is 0 Å². The number of rotatable bonds is 8. The topological polar surface area (TPSA) is 44.8 Å². The van der Waals surface area contributed by atoms with E-state index in [2.05, 4.69) is 0 Å². The zero-order valence-electron chi connectivity index (χ0n) is 12.5. The molecule has 0 unspecified atom stereocenters. The lowest BCUT2D eigenvalue weighted by molar-refractivity contribution is -0.120. The summed E-state index contributed by atoms with van der Waals surface area (Å²) in [5, 5.41) is 0. The van der Waals surface area contributed by atoms with Crippen LogP contribution < -0.4 is 0 Å². The van der Waals surface area contributed by atoms with E-state index in [-0.39, 0.29) is 12.3 Å². The summed E-state index contributed by atoms with van der Waals surface area (Å²) in [4.78, 5) is 12.6. The van der Waals surface area contributed by atoms with Gasteiger partial charge in [0.15, 0.2) is 6.29 Å². The van der Waals surface area contributed by atoms with Crippen molar-refractivity contribution in [3.63, 3.8) is 0 Å². The van der Waals surface area contributed by atoms with E-state index in [1.54, 1.807) is 17.8 Å². The summed E-state index contributed by atoms with van der Waals surface area (Å²) < 4.78 is 15.8. The molecule has 0 saturated heterocycles. The fraction of sp³-hybridized carbons (Fsp3) is 0.533. The summed E-state index contributed by atoms with van der Waals surface area (Å²) in [5.41, 5.74) is 1.68. The lowest BCUT2D eigenvalue weighted by Crippen LogP contribution is -2.20. The van der Waals surface area contributed by atoms with Crippen molar-refractivity contribution in [2.24, 2.45) is 0 Å². The first-order valence-corrected chi connectivity index (χ1v) is 7.65. The Balaban J connectivity index is 2.79. The second kappa shape index (κ2) is 9.00. The SMILES string of the molecule is CCOC(CSc1cc(C)ccc1C(=O)OC)OCC. The van der Waals surface area contributed by atoms with Crippen molar-refractivity contribution >= 4 is 17.7 Å². The molecule has 0 aliphatic rings. The van der Waals surface area contributed by atoms with E-state index >= 15 is 0 Å². The molecule has 0 fully saturated rings. The van der Waals surface area contributed by atoms with Crippen molar-refractivity contribution in [1.29, 1.82) is 0 Å². The summed E-state index contributed by atoms with van der Waals surface area (Å²) in [6, 6.07) is 5.67. The smallest absolute Gasteiger partial charge is 0.338 e. The number of hydrogen-bond acceptors (Lipinski definition) is 5. The van der Waals surface area contributed by atoms with Gasteiger partial charge in [-0.2, -0.15) is 0 Å². The summed E-state index contributed by atoms with van der Waals surface area (Å²) in [7, 11) is 1.39. The Bertz CT molecular complexity index is 428. The van der Waals surface area contributed by atoms with Crippen LogP contribution in [0.25, 0.3) is 0 Å². The molecule has 0 aliphatic heterocycles. The molecule has 0 radical (unpaired) electrons. The van der Waals surface area contributed by atoms with E-state index < -0.39 is 0 Å². The van der Waals surface area contributed by atoms with Crippen LogP contribution in [0, 0.1) is 6.92 Å².